The van der Waals surface area contributed by atoms with Crippen molar-refractivity contribution in [3.8, 4) is 0 Å². The van der Waals surface area contributed by atoms with Gasteiger partial charge < -0.3 is 24.8 Å². The molecule has 1 atom stereocenters. The summed E-state index contributed by atoms with van der Waals surface area (Å²) in [5, 5.41) is 0. The fourth-order valence-corrected chi connectivity index (χ4v) is 1.05. The molecule has 1 radical (unpaired) electrons. The molecule has 0 aromatic heterocycles. The maximum absolute atomic E-state index is 3.26. The average molecular weight is 254 g/mol. The van der Waals surface area contributed by atoms with Gasteiger partial charge in [-0.25, -0.2) is 6.08 Å². The molecule has 13 heavy (non-hydrogen) atoms. The van der Waals surface area contributed by atoms with Crippen LogP contribution in [-0.4, -0.2) is 0 Å². The zero-order valence-electron chi connectivity index (χ0n) is 8.49. The standard InChI is InChI=1S/C10H15.2ClH.Ti/c1-8-5-6-9(7-8)10(2,3)4;;;/h6-8H,1-4H3;2*1H;/q-1;;;+3/p-2. The van der Waals surface area contributed by atoms with Crippen molar-refractivity contribution in [2.75, 3.05) is 0 Å². The normalized spacial score (nSPS) is 19.4. The van der Waals surface area contributed by atoms with Crippen molar-refractivity contribution in [3.05, 3.63) is 23.8 Å². The first-order valence-corrected chi connectivity index (χ1v) is 3.82. The predicted octanol–water partition coefficient (Wildman–Crippen LogP) is -3.03. The maximum atomic E-state index is 3.26. The third kappa shape index (κ3) is 5.96. The van der Waals surface area contributed by atoms with E-state index < -0.39 is 0 Å². The second-order valence-corrected chi connectivity index (χ2v) is 3.97. The molecule has 3 heteroatoms. The van der Waals surface area contributed by atoms with E-state index in [2.05, 4.69) is 45.9 Å². The number of hydrogen-bond donors (Lipinski definition) is 0. The predicted molar refractivity (Wildman–Crippen MR) is 44.5 cm³/mol. The van der Waals surface area contributed by atoms with Crippen molar-refractivity contribution < 1.29 is 46.5 Å². The van der Waals surface area contributed by atoms with Crippen LogP contribution in [0.1, 0.15) is 27.7 Å². The van der Waals surface area contributed by atoms with Crippen LogP contribution in [0.15, 0.2) is 17.7 Å². The minimum Gasteiger partial charge on any atom is -1.00 e. The van der Waals surface area contributed by atoms with Gasteiger partial charge in [-0.2, -0.15) is 11.6 Å². The molecule has 0 spiro atoms. The van der Waals surface area contributed by atoms with E-state index in [0.29, 0.717) is 11.3 Å². The van der Waals surface area contributed by atoms with Crippen molar-refractivity contribution in [2.24, 2.45) is 11.3 Å². The van der Waals surface area contributed by atoms with Crippen molar-refractivity contribution in [2.45, 2.75) is 27.7 Å². The van der Waals surface area contributed by atoms with Gasteiger partial charge in [0.2, 0.25) is 0 Å². The van der Waals surface area contributed by atoms with E-state index in [4.69, 9.17) is 0 Å². The first kappa shape index (κ1) is 19.4. The molecule has 73 valence electrons. The van der Waals surface area contributed by atoms with Crippen molar-refractivity contribution in [3.63, 3.8) is 0 Å². The molecule has 0 N–H and O–H groups in total. The minimum atomic E-state index is 0. The number of hydrogen-bond acceptors (Lipinski definition) is 0. The summed E-state index contributed by atoms with van der Waals surface area (Å²) in [6, 6.07) is 0. The number of allylic oxidation sites excluding steroid dienone is 4. The molecule has 0 fully saturated rings. The Hall–Kier alpha value is 0.774. The molecule has 0 aromatic carbocycles. The van der Waals surface area contributed by atoms with Crippen LogP contribution < -0.4 is 24.8 Å². The molecule has 0 heterocycles. The molecule has 0 bridgehead atoms. The summed E-state index contributed by atoms with van der Waals surface area (Å²) in [6.07, 6.45) is 7.65. The molecule has 0 aliphatic heterocycles. The number of halogens is 2. The monoisotopic (exact) mass is 253 g/mol. The van der Waals surface area contributed by atoms with E-state index in [0.717, 1.165) is 0 Å². The van der Waals surface area contributed by atoms with E-state index in [1.165, 1.54) is 5.57 Å². The zero-order valence-corrected chi connectivity index (χ0v) is 11.6. The second-order valence-electron chi connectivity index (χ2n) is 3.97. The summed E-state index contributed by atoms with van der Waals surface area (Å²) >= 11 is 0. The van der Waals surface area contributed by atoms with Crippen LogP contribution in [0, 0.1) is 17.4 Å². The van der Waals surface area contributed by atoms with E-state index >= 15 is 0 Å². The van der Waals surface area contributed by atoms with Gasteiger partial charge in [-0.3, -0.25) is 6.08 Å². The largest absolute Gasteiger partial charge is 3.00 e. The topological polar surface area (TPSA) is 0 Å². The SMILES string of the molecule is CC1[C-]=CC(C(C)(C)C)=C1.[Cl-].[Cl-].[Ti+3]. The molecular weight excluding hydrogens is 239 g/mol. The fourth-order valence-electron chi connectivity index (χ4n) is 1.05. The van der Waals surface area contributed by atoms with E-state index in [9.17, 15) is 0 Å². The Kier molecular flexibility index (Phi) is 10.6. The molecule has 1 aliphatic carbocycles. The van der Waals surface area contributed by atoms with Crippen LogP contribution in [0.4, 0.5) is 0 Å². The summed E-state index contributed by atoms with van der Waals surface area (Å²) in [7, 11) is 0. The average Bonchev–Trinajstić information content (AvgIpc) is 2.11. The van der Waals surface area contributed by atoms with Crippen LogP contribution >= 0.6 is 0 Å². The smallest absolute Gasteiger partial charge is 1.00 e. The van der Waals surface area contributed by atoms with Gasteiger partial charge in [0, 0.05) is 0 Å². The summed E-state index contributed by atoms with van der Waals surface area (Å²) in [4.78, 5) is 0. The van der Waals surface area contributed by atoms with Gasteiger partial charge in [-0.1, -0.05) is 39.0 Å². The quantitative estimate of drug-likeness (QED) is 0.319. The van der Waals surface area contributed by atoms with Gasteiger partial charge in [0.15, 0.2) is 0 Å². The van der Waals surface area contributed by atoms with Crippen molar-refractivity contribution in [1.82, 2.24) is 0 Å². The Labute approximate surface area is 109 Å². The van der Waals surface area contributed by atoms with Gasteiger partial charge in [-0.05, 0) is 0 Å². The van der Waals surface area contributed by atoms with Crippen LogP contribution in [0.5, 0.6) is 0 Å². The first-order valence-electron chi connectivity index (χ1n) is 3.82. The summed E-state index contributed by atoms with van der Waals surface area (Å²) in [5.41, 5.74) is 1.72. The van der Waals surface area contributed by atoms with Gasteiger partial charge in [0.05, 0.1) is 0 Å². The Bertz CT molecular complexity index is 190. The van der Waals surface area contributed by atoms with Gasteiger partial charge in [0.25, 0.3) is 0 Å². The molecule has 0 aromatic rings. The molecule has 1 aliphatic rings. The van der Waals surface area contributed by atoms with Crippen molar-refractivity contribution >= 4 is 0 Å². The Morgan fingerprint density at radius 2 is 1.69 bits per heavy atom. The molecule has 0 saturated heterocycles. The van der Waals surface area contributed by atoms with Crippen LogP contribution in [0.3, 0.4) is 0 Å². The second kappa shape index (κ2) is 7.12. The first-order chi connectivity index (χ1) is 4.50. The Balaban J connectivity index is -0.000000333. The molecule has 0 nitrogen and oxygen atoms in total. The van der Waals surface area contributed by atoms with Gasteiger partial charge >= 0.3 is 21.7 Å². The Morgan fingerprint density at radius 1 is 1.23 bits per heavy atom. The fraction of sp³-hybridized carbons (Fsp3) is 0.600. The van der Waals surface area contributed by atoms with E-state index in [-0.39, 0.29) is 46.5 Å². The molecule has 0 amide bonds. The zero-order chi connectivity index (χ0) is 7.78. The maximum Gasteiger partial charge on any atom is 3.00 e. The third-order valence-electron chi connectivity index (χ3n) is 1.80. The number of rotatable bonds is 0. The van der Waals surface area contributed by atoms with Crippen LogP contribution in [0.25, 0.3) is 0 Å². The molecule has 1 unspecified atom stereocenters. The summed E-state index contributed by atoms with van der Waals surface area (Å²) < 4.78 is 0. The Morgan fingerprint density at radius 3 is 1.85 bits per heavy atom. The van der Waals surface area contributed by atoms with Crippen LogP contribution in [0.2, 0.25) is 0 Å². The van der Waals surface area contributed by atoms with E-state index in [1.54, 1.807) is 0 Å². The third-order valence-corrected chi connectivity index (χ3v) is 1.80. The van der Waals surface area contributed by atoms with Crippen molar-refractivity contribution in [1.29, 1.82) is 0 Å². The molecule has 1 rings (SSSR count). The van der Waals surface area contributed by atoms with Crippen LogP contribution in [-0.2, 0) is 21.7 Å². The summed E-state index contributed by atoms with van der Waals surface area (Å²) in [6.45, 7) is 8.86. The summed E-state index contributed by atoms with van der Waals surface area (Å²) in [5.74, 6) is 0.522. The van der Waals surface area contributed by atoms with Gasteiger partial charge in [0.1, 0.15) is 0 Å². The molecule has 0 saturated carbocycles. The van der Waals surface area contributed by atoms with Gasteiger partial charge in [-0.15, -0.1) is 0 Å². The minimum absolute atomic E-state index is 0. The van der Waals surface area contributed by atoms with E-state index in [1.807, 2.05) is 0 Å². The molecular formula is C10H15Cl2Ti.